The van der Waals surface area contributed by atoms with E-state index in [2.05, 4.69) is 41.8 Å². The van der Waals surface area contributed by atoms with E-state index in [1.54, 1.807) is 24.6 Å². The molecule has 2 rings (SSSR count). The maximum atomic E-state index is 5.28. The number of guanidine groups is 1. The second kappa shape index (κ2) is 7.45. The zero-order valence-corrected chi connectivity index (χ0v) is 14.5. The van der Waals surface area contributed by atoms with E-state index in [1.165, 1.54) is 5.01 Å². The van der Waals surface area contributed by atoms with Crippen molar-refractivity contribution >= 4 is 17.3 Å². The molecule has 0 saturated carbocycles. The lowest BCUT2D eigenvalue weighted by Gasteiger charge is -2.13. The first-order valence-electron chi connectivity index (χ1n) is 7.41. The Morgan fingerprint density at radius 3 is 2.77 bits per heavy atom. The van der Waals surface area contributed by atoms with E-state index >= 15 is 0 Å². The number of thiazole rings is 1. The fourth-order valence-corrected chi connectivity index (χ4v) is 2.82. The number of aromatic nitrogens is 1. The van der Waals surface area contributed by atoms with E-state index in [0.717, 1.165) is 30.4 Å². The molecule has 0 atom stereocenters. The number of nitrogens with zero attached hydrogens (tertiary/aromatic N) is 2. The summed E-state index contributed by atoms with van der Waals surface area (Å²) in [5.41, 5.74) is 1.25. The molecule has 0 spiro atoms. The predicted molar refractivity (Wildman–Crippen MR) is 91.4 cm³/mol. The van der Waals surface area contributed by atoms with Gasteiger partial charge in [-0.3, -0.25) is 4.99 Å². The number of hydrogen-bond donors (Lipinski definition) is 2. The zero-order valence-electron chi connectivity index (χ0n) is 13.6. The molecule has 2 aromatic heterocycles. The lowest BCUT2D eigenvalue weighted by molar-refractivity contribution is 0.501. The molecule has 0 saturated heterocycles. The summed E-state index contributed by atoms with van der Waals surface area (Å²) in [6.07, 6.45) is 2.55. The molecule has 6 heteroatoms. The topological polar surface area (TPSA) is 62.5 Å². The van der Waals surface area contributed by atoms with Gasteiger partial charge in [0.05, 0.1) is 23.5 Å². The monoisotopic (exact) mass is 320 g/mol. The van der Waals surface area contributed by atoms with Crippen LogP contribution in [0.2, 0.25) is 0 Å². The van der Waals surface area contributed by atoms with Gasteiger partial charge in [0.15, 0.2) is 5.96 Å². The molecule has 0 amide bonds. The quantitative estimate of drug-likeness (QED) is 0.657. The summed E-state index contributed by atoms with van der Waals surface area (Å²) in [5, 5.41) is 9.83. The predicted octanol–water partition coefficient (Wildman–Crippen LogP) is 2.94. The van der Waals surface area contributed by atoms with Crippen LogP contribution in [0.1, 0.15) is 37.2 Å². The molecule has 0 unspecified atom stereocenters. The summed E-state index contributed by atoms with van der Waals surface area (Å²) in [5.74, 6) is 1.65. The third kappa shape index (κ3) is 4.87. The molecule has 0 aromatic carbocycles. The van der Waals surface area contributed by atoms with Gasteiger partial charge in [0.1, 0.15) is 5.76 Å². The van der Waals surface area contributed by atoms with Crippen LogP contribution in [-0.2, 0) is 18.4 Å². The standard InChI is InChI=1S/C16H24N4OS/c1-16(2,3)14-20-12(11-22-14)7-8-18-15(17-4)19-10-13-6-5-9-21-13/h5-6,9,11H,7-8,10H2,1-4H3,(H2,17,18,19). The van der Waals surface area contributed by atoms with Gasteiger partial charge in [-0.15, -0.1) is 11.3 Å². The summed E-state index contributed by atoms with van der Waals surface area (Å²) in [4.78, 5) is 8.89. The van der Waals surface area contributed by atoms with Crippen molar-refractivity contribution in [2.45, 2.75) is 39.2 Å². The van der Waals surface area contributed by atoms with Gasteiger partial charge in [-0.25, -0.2) is 4.98 Å². The van der Waals surface area contributed by atoms with Crippen LogP contribution in [0.4, 0.5) is 0 Å². The van der Waals surface area contributed by atoms with Crippen LogP contribution in [0.25, 0.3) is 0 Å². The first kappa shape index (κ1) is 16.5. The van der Waals surface area contributed by atoms with Crippen LogP contribution in [-0.4, -0.2) is 24.5 Å². The molecule has 2 heterocycles. The van der Waals surface area contributed by atoms with E-state index in [1.807, 2.05) is 12.1 Å². The lowest BCUT2D eigenvalue weighted by atomic mass is 9.98. The molecule has 0 aliphatic rings. The maximum absolute atomic E-state index is 5.28. The highest BCUT2D eigenvalue weighted by atomic mass is 32.1. The number of hydrogen-bond acceptors (Lipinski definition) is 4. The van der Waals surface area contributed by atoms with Gasteiger partial charge < -0.3 is 15.1 Å². The molecule has 5 nitrogen and oxygen atoms in total. The molecular weight excluding hydrogens is 296 g/mol. The molecular formula is C16H24N4OS. The SMILES string of the molecule is CN=C(NCCc1csc(C(C)(C)C)n1)NCc1ccco1. The molecule has 0 radical (unpaired) electrons. The van der Waals surface area contributed by atoms with Crippen molar-refractivity contribution in [2.75, 3.05) is 13.6 Å². The number of furan rings is 1. The minimum atomic E-state index is 0.122. The molecule has 0 aliphatic carbocycles. The Bertz CT molecular complexity index is 596. The molecule has 0 bridgehead atoms. The summed E-state index contributed by atoms with van der Waals surface area (Å²) >= 11 is 1.73. The Balaban J connectivity index is 1.75. The van der Waals surface area contributed by atoms with Crippen molar-refractivity contribution in [1.29, 1.82) is 0 Å². The molecule has 2 aromatic rings. The van der Waals surface area contributed by atoms with Gasteiger partial charge in [-0.2, -0.15) is 0 Å². The van der Waals surface area contributed by atoms with Crippen LogP contribution >= 0.6 is 11.3 Å². The van der Waals surface area contributed by atoms with Crippen LogP contribution in [0, 0.1) is 0 Å². The minimum Gasteiger partial charge on any atom is -0.467 e. The van der Waals surface area contributed by atoms with Gasteiger partial charge in [-0.1, -0.05) is 20.8 Å². The Labute approximate surface area is 135 Å². The van der Waals surface area contributed by atoms with Crippen molar-refractivity contribution in [3.63, 3.8) is 0 Å². The van der Waals surface area contributed by atoms with Crippen molar-refractivity contribution in [3.05, 3.63) is 40.2 Å². The van der Waals surface area contributed by atoms with E-state index < -0.39 is 0 Å². The molecule has 22 heavy (non-hydrogen) atoms. The van der Waals surface area contributed by atoms with E-state index in [9.17, 15) is 0 Å². The van der Waals surface area contributed by atoms with Crippen LogP contribution in [0.15, 0.2) is 33.2 Å². The smallest absolute Gasteiger partial charge is 0.191 e. The summed E-state index contributed by atoms with van der Waals surface area (Å²) in [7, 11) is 1.76. The van der Waals surface area contributed by atoms with Gasteiger partial charge in [-0.05, 0) is 12.1 Å². The van der Waals surface area contributed by atoms with E-state index in [0.29, 0.717) is 6.54 Å². The fraction of sp³-hybridized carbons (Fsp3) is 0.500. The normalized spacial score (nSPS) is 12.5. The van der Waals surface area contributed by atoms with Crippen molar-refractivity contribution in [1.82, 2.24) is 15.6 Å². The third-order valence-corrected chi connectivity index (χ3v) is 4.42. The van der Waals surface area contributed by atoms with E-state index in [-0.39, 0.29) is 5.41 Å². The van der Waals surface area contributed by atoms with Crippen LogP contribution < -0.4 is 10.6 Å². The Morgan fingerprint density at radius 2 is 2.18 bits per heavy atom. The number of nitrogens with one attached hydrogen (secondary N) is 2. The van der Waals surface area contributed by atoms with Gasteiger partial charge in [0.25, 0.3) is 0 Å². The maximum Gasteiger partial charge on any atom is 0.191 e. The molecule has 0 fully saturated rings. The first-order chi connectivity index (χ1) is 10.5. The Kier molecular flexibility index (Phi) is 5.60. The summed E-state index contributed by atoms with van der Waals surface area (Å²) in [6.45, 7) is 7.99. The second-order valence-corrected chi connectivity index (χ2v) is 6.93. The summed E-state index contributed by atoms with van der Waals surface area (Å²) < 4.78 is 5.28. The van der Waals surface area contributed by atoms with Crippen molar-refractivity contribution in [2.24, 2.45) is 4.99 Å². The molecule has 2 N–H and O–H groups in total. The number of rotatable bonds is 5. The molecule has 0 aliphatic heterocycles. The highest BCUT2D eigenvalue weighted by Gasteiger charge is 2.17. The number of aliphatic imine (C=N–C) groups is 1. The van der Waals surface area contributed by atoms with Gasteiger partial charge in [0, 0.05) is 30.8 Å². The lowest BCUT2D eigenvalue weighted by Crippen LogP contribution is -2.37. The average molecular weight is 320 g/mol. The Morgan fingerprint density at radius 1 is 1.36 bits per heavy atom. The first-order valence-corrected chi connectivity index (χ1v) is 8.29. The second-order valence-electron chi connectivity index (χ2n) is 6.08. The third-order valence-electron chi connectivity index (χ3n) is 3.10. The minimum absolute atomic E-state index is 0.122. The van der Waals surface area contributed by atoms with Crippen molar-refractivity contribution in [3.8, 4) is 0 Å². The zero-order chi connectivity index (χ0) is 16.0. The largest absolute Gasteiger partial charge is 0.467 e. The van der Waals surface area contributed by atoms with Gasteiger partial charge >= 0.3 is 0 Å². The van der Waals surface area contributed by atoms with Crippen molar-refractivity contribution < 1.29 is 4.42 Å². The van der Waals surface area contributed by atoms with E-state index in [4.69, 9.17) is 9.40 Å². The van der Waals surface area contributed by atoms with Crippen LogP contribution in [0.3, 0.4) is 0 Å². The molecule has 120 valence electrons. The fourth-order valence-electron chi connectivity index (χ4n) is 1.88. The Hall–Kier alpha value is -1.82. The highest BCUT2D eigenvalue weighted by molar-refractivity contribution is 7.09. The van der Waals surface area contributed by atoms with Crippen LogP contribution in [0.5, 0.6) is 0 Å². The highest BCUT2D eigenvalue weighted by Crippen LogP contribution is 2.25. The average Bonchev–Trinajstić information content (AvgIpc) is 3.13. The summed E-state index contributed by atoms with van der Waals surface area (Å²) in [6, 6.07) is 3.81. The van der Waals surface area contributed by atoms with Gasteiger partial charge in [0.2, 0.25) is 0 Å².